The predicted octanol–water partition coefficient (Wildman–Crippen LogP) is 6.15. The SMILES string of the molecule is c1ccc(Cc2nc3c4c(ncn3n2)Oc2c(ccc3ccccc23)[C@H]4c2ccccc2)cc1. The summed E-state index contributed by atoms with van der Waals surface area (Å²) in [6.07, 6.45) is 2.36. The molecule has 0 saturated heterocycles. The van der Waals surface area contributed by atoms with E-state index in [4.69, 9.17) is 14.8 Å². The van der Waals surface area contributed by atoms with Gasteiger partial charge in [0.1, 0.15) is 12.1 Å². The van der Waals surface area contributed by atoms with Crippen molar-refractivity contribution >= 4 is 16.4 Å². The van der Waals surface area contributed by atoms with Gasteiger partial charge in [0.05, 0.1) is 5.56 Å². The van der Waals surface area contributed by atoms with Gasteiger partial charge in [-0.3, -0.25) is 0 Å². The molecule has 1 aliphatic heterocycles. The van der Waals surface area contributed by atoms with Gasteiger partial charge in [0, 0.05) is 23.3 Å². The lowest BCUT2D eigenvalue weighted by atomic mass is 9.83. The van der Waals surface area contributed by atoms with Gasteiger partial charge in [-0.1, -0.05) is 97.1 Å². The van der Waals surface area contributed by atoms with Crippen LogP contribution in [-0.2, 0) is 6.42 Å². The smallest absolute Gasteiger partial charge is 0.228 e. The summed E-state index contributed by atoms with van der Waals surface area (Å²) >= 11 is 0. The molecule has 7 rings (SSSR count). The fraction of sp³-hybridized carbons (Fsp3) is 0.0690. The van der Waals surface area contributed by atoms with Crippen molar-refractivity contribution in [2.45, 2.75) is 12.3 Å². The third-order valence-electron chi connectivity index (χ3n) is 6.48. The quantitative estimate of drug-likeness (QED) is 0.330. The van der Waals surface area contributed by atoms with Gasteiger partial charge >= 0.3 is 0 Å². The highest BCUT2D eigenvalue weighted by Crippen LogP contribution is 2.50. The Hall–Kier alpha value is -4.51. The van der Waals surface area contributed by atoms with Crippen LogP contribution in [0.2, 0.25) is 0 Å². The van der Waals surface area contributed by atoms with Gasteiger partial charge in [0.25, 0.3) is 0 Å². The largest absolute Gasteiger partial charge is 0.438 e. The first kappa shape index (κ1) is 19.0. The molecular weight excluding hydrogens is 420 g/mol. The normalized spacial score (nSPS) is 14.5. The van der Waals surface area contributed by atoms with Crippen LogP contribution < -0.4 is 4.74 Å². The van der Waals surface area contributed by atoms with Gasteiger partial charge in [-0.15, -0.1) is 5.10 Å². The number of hydrogen-bond acceptors (Lipinski definition) is 4. The molecule has 1 aliphatic rings. The van der Waals surface area contributed by atoms with Gasteiger partial charge in [0.2, 0.25) is 5.88 Å². The average molecular weight is 441 g/mol. The van der Waals surface area contributed by atoms with Gasteiger partial charge < -0.3 is 4.74 Å². The number of benzene rings is 4. The third kappa shape index (κ3) is 2.98. The lowest BCUT2D eigenvalue weighted by molar-refractivity contribution is 0.437. The molecule has 0 spiro atoms. The average Bonchev–Trinajstić information content (AvgIpc) is 3.31. The second kappa shape index (κ2) is 7.52. The standard InChI is InChI=1S/C29H20N4O/c1-3-9-19(10-4-1)17-24-31-28-26-25(21-12-5-2-6-13-21)23-16-15-20-11-7-8-14-22(20)27(23)34-29(26)30-18-33(28)32-24/h1-16,18,25H,17H2/t25-/m1/s1. The van der Waals surface area contributed by atoms with Crippen molar-refractivity contribution in [2.24, 2.45) is 0 Å². The van der Waals surface area contributed by atoms with Crippen molar-refractivity contribution in [1.29, 1.82) is 0 Å². The molecule has 5 nitrogen and oxygen atoms in total. The predicted molar refractivity (Wildman–Crippen MR) is 131 cm³/mol. The lowest BCUT2D eigenvalue weighted by Crippen LogP contribution is -2.15. The van der Waals surface area contributed by atoms with Crippen LogP contribution in [0, 0.1) is 0 Å². The highest BCUT2D eigenvalue weighted by molar-refractivity contribution is 5.91. The van der Waals surface area contributed by atoms with Crippen LogP contribution in [-0.4, -0.2) is 19.6 Å². The van der Waals surface area contributed by atoms with Gasteiger partial charge in [-0.05, 0) is 16.5 Å². The van der Waals surface area contributed by atoms with E-state index in [1.165, 1.54) is 11.1 Å². The summed E-state index contributed by atoms with van der Waals surface area (Å²) in [4.78, 5) is 9.65. The minimum absolute atomic E-state index is 0.0606. The molecule has 6 aromatic rings. The molecule has 34 heavy (non-hydrogen) atoms. The second-order valence-electron chi connectivity index (χ2n) is 8.57. The Morgan fingerprint density at radius 1 is 0.794 bits per heavy atom. The van der Waals surface area contributed by atoms with Crippen LogP contribution >= 0.6 is 0 Å². The minimum Gasteiger partial charge on any atom is -0.438 e. The molecule has 0 fully saturated rings. The molecule has 0 N–H and O–H groups in total. The molecule has 5 heteroatoms. The van der Waals surface area contributed by atoms with E-state index in [0.29, 0.717) is 12.3 Å². The Balaban J connectivity index is 1.46. The lowest BCUT2D eigenvalue weighted by Gasteiger charge is -2.28. The fourth-order valence-corrected chi connectivity index (χ4v) is 4.94. The first-order valence-electron chi connectivity index (χ1n) is 11.4. The molecule has 0 bridgehead atoms. The van der Waals surface area contributed by atoms with E-state index in [9.17, 15) is 0 Å². The van der Waals surface area contributed by atoms with Crippen LogP contribution in [0.4, 0.5) is 0 Å². The Morgan fingerprint density at radius 2 is 1.56 bits per heavy atom. The topological polar surface area (TPSA) is 52.3 Å². The summed E-state index contributed by atoms with van der Waals surface area (Å²) < 4.78 is 8.27. The summed E-state index contributed by atoms with van der Waals surface area (Å²) in [6, 6.07) is 33.4. The highest BCUT2D eigenvalue weighted by atomic mass is 16.5. The number of hydrogen-bond donors (Lipinski definition) is 0. The molecule has 1 atom stereocenters. The fourth-order valence-electron chi connectivity index (χ4n) is 4.94. The van der Waals surface area contributed by atoms with Crippen LogP contribution in [0.15, 0.2) is 103 Å². The van der Waals surface area contributed by atoms with Crippen molar-refractivity contribution in [1.82, 2.24) is 19.6 Å². The molecule has 162 valence electrons. The molecular formula is C29H20N4O. The third-order valence-corrected chi connectivity index (χ3v) is 6.48. The number of ether oxygens (including phenoxy) is 1. The molecule has 0 aliphatic carbocycles. The van der Waals surface area contributed by atoms with Crippen molar-refractivity contribution < 1.29 is 4.74 Å². The van der Waals surface area contributed by atoms with Crippen LogP contribution in [0.1, 0.15) is 34.0 Å². The number of aromatic nitrogens is 4. The Kier molecular flexibility index (Phi) is 4.21. The molecule has 0 radical (unpaired) electrons. The van der Waals surface area contributed by atoms with Crippen molar-refractivity contribution in [3.8, 4) is 11.6 Å². The Labute approximate surface area is 196 Å². The van der Waals surface area contributed by atoms with Gasteiger partial charge in [0.15, 0.2) is 11.5 Å². The van der Waals surface area contributed by atoms with Gasteiger partial charge in [-0.25, -0.2) is 14.5 Å². The molecule has 2 aromatic heterocycles. The summed E-state index contributed by atoms with van der Waals surface area (Å²) in [7, 11) is 0. The van der Waals surface area contributed by atoms with Crippen LogP contribution in [0.5, 0.6) is 11.6 Å². The number of nitrogens with zero attached hydrogens (tertiary/aromatic N) is 4. The zero-order valence-electron chi connectivity index (χ0n) is 18.3. The van der Waals surface area contributed by atoms with E-state index in [2.05, 4.69) is 65.6 Å². The molecule has 0 saturated carbocycles. The zero-order chi connectivity index (χ0) is 22.5. The maximum Gasteiger partial charge on any atom is 0.228 e. The van der Waals surface area contributed by atoms with E-state index in [0.717, 1.165) is 39.1 Å². The summed E-state index contributed by atoms with van der Waals surface area (Å²) in [6.45, 7) is 0. The second-order valence-corrected chi connectivity index (χ2v) is 8.57. The minimum atomic E-state index is -0.0606. The van der Waals surface area contributed by atoms with E-state index < -0.39 is 0 Å². The maximum atomic E-state index is 6.49. The van der Waals surface area contributed by atoms with Gasteiger partial charge in [-0.2, -0.15) is 0 Å². The molecule has 3 heterocycles. The van der Waals surface area contributed by atoms with E-state index in [1.54, 1.807) is 10.8 Å². The van der Waals surface area contributed by atoms with E-state index >= 15 is 0 Å². The first-order valence-corrected chi connectivity index (χ1v) is 11.4. The Bertz CT molecular complexity index is 1660. The van der Waals surface area contributed by atoms with Crippen molar-refractivity contribution in [2.75, 3.05) is 0 Å². The first-order chi connectivity index (χ1) is 16.8. The summed E-state index contributed by atoms with van der Waals surface area (Å²) in [5.41, 5.74) is 5.19. The van der Waals surface area contributed by atoms with Crippen molar-refractivity contribution in [3.63, 3.8) is 0 Å². The molecule has 4 aromatic carbocycles. The summed E-state index contributed by atoms with van der Waals surface area (Å²) in [5, 5.41) is 6.96. The molecule has 0 amide bonds. The zero-order valence-corrected chi connectivity index (χ0v) is 18.3. The maximum absolute atomic E-state index is 6.49. The summed E-state index contributed by atoms with van der Waals surface area (Å²) in [5.74, 6) is 2.15. The number of fused-ring (bicyclic) bond motifs is 6. The van der Waals surface area contributed by atoms with Crippen molar-refractivity contribution in [3.05, 3.63) is 131 Å². The number of rotatable bonds is 3. The van der Waals surface area contributed by atoms with Crippen LogP contribution in [0.25, 0.3) is 16.4 Å². The molecule has 0 unspecified atom stereocenters. The monoisotopic (exact) mass is 440 g/mol. The Morgan fingerprint density at radius 3 is 2.41 bits per heavy atom. The van der Waals surface area contributed by atoms with E-state index in [1.807, 2.05) is 36.4 Å². The van der Waals surface area contributed by atoms with E-state index in [-0.39, 0.29) is 5.92 Å². The highest BCUT2D eigenvalue weighted by Gasteiger charge is 2.34. The van der Waals surface area contributed by atoms with Crippen LogP contribution in [0.3, 0.4) is 0 Å².